The van der Waals surface area contributed by atoms with Gasteiger partial charge in [0.1, 0.15) is 35.9 Å². The van der Waals surface area contributed by atoms with Crippen LogP contribution in [-0.2, 0) is 26.3 Å². The molecule has 340 valence electrons. The Morgan fingerprint density at radius 2 is 1.68 bits per heavy atom. The van der Waals surface area contributed by atoms with Crippen molar-refractivity contribution in [3.05, 3.63) is 100 Å². The van der Waals surface area contributed by atoms with E-state index in [1.807, 2.05) is 18.2 Å². The van der Waals surface area contributed by atoms with Gasteiger partial charge in [-0.15, -0.1) is 0 Å². The molecule has 7 heterocycles. The van der Waals surface area contributed by atoms with Crippen LogP contribution in [0.25, 0.3) is 16.6 Å². The summed E-state index contributed by atoms with van der Waals surface area (Å²) in [6, 6.07) is 13.3. The lowest BCUT2D eigenvalue weighted by molar-refractivity contribution is -0.136. The summed E-state index contributed by atoms with van der Waals surface area (Å²) in [5, 5.41) is 12.4. The number of carbonyl (C=O) groups is 3. The minimum Gasteiger partial charge on any atom is -0.453 e. The van der Waals surface area contributed by atoms with Crippen molar-refractivity contribution in [2.24, 2.45) is 5.92 Å². The largest absolute Gasteiger partial charge is 0.453 e. The maximum atomic E-state index is 15.2. The summed E-state index contributed by atoms with van der Waals surface area (Å²) in [6.45, 7) is 5.71. The molecule has 5 aromatic rings. The molecule has 5 aliphatic rings. The van der Waals surface area contributed by atoms with Crippen LogP contribution >= 0.6 is 0 Å². The van der Waals surface area contributed by atoms with E-state index in [1.54, 1.807) is 11.0 Å². The fourth-order valence-electron chi connectivity index (χ4n) is 9.18. The van der Waals surface area contributed by atoms with Crippen molar-refractivity contribution in [2.75, 3.05) is 73.4 Å². The number of carbonyl (C=O) groups excluding carboxylic acids is 3. The van der Waals surface area contributed by atoms with E-state index in [9.17, 15) is 37.2 Å². The second-order valence-corrected chi connectivity index (χ2v) is 18.7. The maximum Gasteiger partial charge on any atom is 0.301 e. The molecule has 19 nitrogen and oxygen atoms in total. The number of halogens is 2. The maximum absolute atomic E-state index is 15.2. The Hall–Kier alpha value is -7.09. The number of alkyl halides is 1. The van der Waals surface area contributed by atoms with Crippen LogP contribution in [0.2, 0.25) is 0 Å². The molecule has 4 saturated heterocycles. The predicted octanol–water partition coefficient (Wildman–Crippen LogP) is 2.70. The number of aromatic nitrogens is 4. The van der Waals surface area contributed by atoms with Crippen LogP contribution in [0.1, 0.15) is 40.7 Å². The molecule has 2 N–H and O–H groups in total. The molecule has 22 heteroatoms. The number of piperidine rings is 1. The van der Waals surface area contributed by atoms with E-state index in [-0.39, 0.29) is 54.6 Å². The molecule has 4 fully saturated rings. The quantitative estimate of drug-likeness (QED) is 0.182. The number of imide groups is 1. The second kappa shape index (κ2) is 17.0. The summed E-state index contributed by atoms with van der Waals surface area (Å²) in [6.07, 6.45) is 3.68. The highest BCUT2D eigenvalue weighted by molar-refractivity contribution is 7.90. The van der Waals surface area contributed by atoms with Crippen molar-refractivity contribution in [1.82, 2.24) is 38.9 Å². The van der Waals surface area contributed by atoms with Crippen LogP contribution < -0.4 is 30.1 Å². The van der Waals surface area contributed by atoms with E-state index in [1.165, 1.54) is 41.5 Å². The molecule has 1 unspecified atom stereocenters. The first-order chi connectivity index (χ1) is 31.8. The van der Waals surface area contributed by atoms with Crippen molar-refractivity contribution in [1.29, 1.82) is 5.26 Å². The van der Waals surface area contributed by atoms with Gasteiger partial charge in [0.05, 0.1) is 34.7 Å². The van der Waals surface area contributed by atoms with E-state index >= 15 is 4.39 Å². The number of nitrogens with one attached hydrogen (secondary N) is 2. The Bertz CT molecular complexity index is 3010. The molecule has 0 spiro atoms. The molecule has 5 aliphatic heterocycles. The first kappa shape index (κ1) is 42.8. The minimum atomic E-state index is -4.25. The highest BCUT2D eigenvalue weighted by atomic mass is 32.2. The van der Waals surface area contributed by atoms with Crippen LogP contribution in [0, 0.1) is 23.1 Å². The third-order valence-electron chi connectivity index (χ3n) is 12.7. The van der Waals surface area contributed by atoms with Crippen LogP contribution in [0.5, 0.6) is 11.5 Å². The van der Waals surface area contributed by atoms with Crippen LogP contribution in [0.4, 0.5) is 26.1 Å². The number of nitriles is 1. The van der Waals surface area contributed by atoms with Gasteiger partial charge in [0.25, 0.3) is 11.5 Å². The summed E-state index contributed by atoms with van der Waals surface area (Å²) >= 11 is 0. The molecule has 10 rings (SSSR count). The van der Waals surface area contributed by atoms with E-state index in [4.69, 9.17) is 4.74 Å². The molecule has 0 saturated carbocycles. The van der Waals surface area contributed by atoms with Crippen LogP contribution in [-0.4, -0.2) is 131 Å². The Balaban J connectivity index is 0.742. The molecule has 2 aromatic heterocycles. The molecule has 3 aromatic carbocycles. The van der Waals surface area contributed by atoms with E-state index in [0.717, 1.165) is 60.4 Å². The van der Waals surface area contributed by atoms with Crippen molar-refractivity contribution >= 4 is 56.2 Å². The van der Waals surface area contributed by atoms with Gasteiger partial charge in [-0.1, -0.05) is 0 Å². The average Bonchev–Trinajstić information content (AvgIpc) is 3.89. The molecule has 0 aliphatic carbocycles. The predicted molar refractivity (Wildman–Crippen MR) is 235 cm³/mol. The number of amides is 3. The van der Waals surface area contributed by atoms with Crippen LogP contribution in [0.15, 0.2) is 72.0 Å². The Labute approximate surface area is 376 Å². The third-order valence-corrected chi connectivity index (χ3v) is 14.2. The fourth-order valence-corrected chi connectivity index (χ4v) is 10.5. The van der Waals surface area contributed by atoms with Gasteiger partial charge in [-0.05, 0) is 66.9 Å². The summed E-state index contributed by atoms with van der Waals surface area (Å²) in [5.74, 6) is -1.46. The molecule has 66 heavy (non-hydrogen) atoms. The van der Waals surface area contributed by atoms with Gasteiger partial charge in [0.2, 0.25) is 17.8 Å². The highest BCUT2D eigenvalue weighted by Gasteiger charge is 2.40. The number of anilines is 3. The lowest BCUT2D eigenvalue weighted by Crippen LogP contribution is -2.55. The van der Waals surface area contributed by atoms with Gasteiger partial charge >= 0.3 is 10.2 Å². The molecule has 0 radical (unpaired) electrons. The number of piperazine rings is 1. The second-order valence-electron chi connectivity index (χ2n) is 17.0. The van der Waals surface area contributed by atoms with Crippen molar-refractivity contribution in [3.63, 3.8) is 0 Å². The lowest BCUT2D eigenvalue weighted by atomic mass is 9.97. The number of ether oxygens (including phenoxy) is 1. The average molecular weight is 921 g/mol. The number of nitrogens with zero attached hydrogens (tertiary/aromatic N) is 10. The van der Waals surface area contributed by atoms with Gasteiger partial charge in [-0.2, -0.15) is 18.0 Å². The fraction of sp³-hybridized carbons (Fsp3) is 0.364. The Morgan fingerprint density at radius 3 is 2.41 bits per heavy atom. The standard InChI is InChI=1S/C44H42F2N12O7S/c45-28-9-10-56(24-28)66(63,64)52-37-6-4-35(46)40(34(37)17-47)65-31-2-5-36-33(16-31)43(62)58(25-50-36)30-18-48-44(49-19-30)54-13-11-53(12-14-54)20-26-21-55(22-26)29-1-3-32-27(15-29)23-57(42(32)61)38-7-8-39(59)51-41(38)60/h1-6,15-16,18-19,25-26,28,38,52H,7-14,20-24H2,(H,51,59,60)/t28-,38?/m1/s1. The van der Waals surface area contributed by atoms with Gasteiger partial charge < -0.3 is 19.4 Å². The van der Waals surface area contributed by atoms with E-state index < -0.39 is 51.0 Å². The normalized spacial score (nSPS) is 20.6. The minimum absolute atomic E-state index is 0.0193. The first-order valence-corrected chi connectivity index (χ1v) is 22.9. The summed E-state index contributed by atoms with van der Waals surface area (Å²) in [7, 11) is -4.25. The number of hydrogen-bond donors (Lipinski definition) is 2. The Morgan fingerprint density at radius 1 is 0.894 bits per heavy atom. The zero-order chi connectivity index (χ0) is 45.9. The monoisotopic (exact) mass is 920 g/mol. The SMILES string of the molecule is N#Cc1c(NS(=O)(=O)N2CC[C@@H](F)C2)ccc(F)c1Oc1ccc2ncn(-c3cnc(N4CCN(CC5CN(c6ccc7c(c6)CN(C6CCC(=O)NC6=O)C7=O)C5)CC4)nc3)c(=O)c2c1. The zero-order valence-electron chi connectivity index (χ0n) is 35.3. The smallest absolute Gasteiger partial charge is 0.301 e. The third kappa shape index (κ3) is 8.13. The summed E-state index contributed by atoms with van der Waals surface area (Å²) in [4.78, 5) is 72.9. The number of hydrogen-bond acceptors (Lipinski definition) is 14. The zero-order valence-corrected chi connectivity index (χ0v) is 36.1. The number of benzene rings is 3. The van der Waals surface area contributed by atoms with Gasteiger partial charge in [-0.25, -0.2) is 23.7 Å². The summed E-state index contributed by atoms with van der Waals surface area (Å²) < 4.78 is 64.9. The Kier molecular flexibility index (Phi) is 11.1. The number of fused-ring (bicyclic) bond motifs is 2. The molecular weight excluding hydrogens is 879 g/mol. The lowest BCUT2D eigenvalue weighted by Gasteiger charge is -2.45. The van der Waals surface area contributed by atoms with Crippen molar-refractivity contribution in [2.45, 2.75) is 38.0 Å². The molecule has 2 atom stereocenters. The molecule has 3 amide bonds. The van der Waals surface area contributed by atoms with Gasteiger partial charge in [0.15, 0.2) is 11.6 Å². The van der Waals surface area contributed by atoms with Gasteiger partial charge in [0, 0.05) is 89.0 Å². The highest BCUT2D eigenvalue weighted by Crippen LogP contribution is 2.36. The topological polar surface area (TPSA) is 219 Å². The van der Waals surface area contributed by atoms with Gasteiger partial charge in [-0.3, -0.25) is 38.7 Å². The molecular formula is C44H42F2N12O7S. The van der Waals surface area contributed by atoms with Crippen molar-refractivity contribution in [3.8, 4) is 23.3 Å². The van der Waals surface area contributed by atoms with E-state index in [2.05, 4.69) is 39.7 Å². The first-order valence-electron chi connectivity index (χ1n) is 21.5. The summed E-state index contributed by atoms with van der Waals surface area (Å²) in [5.41, 5.74) is 2.00. The van der Waals surface area contributed by atoms with Crippen LogP contribution in [0.3, 0.4) is 0 Å². The van der Waals surface area contributed by atoms with E-state index in [0.29, 0.717) is 54.7 Å². The van der Waals surface area contributed by atoms with Crippen molar-refractivity contribution < 1.29 is 36.3 Å². The molecule has 0 bridgehead atoms. The number of rotatable bonds is 11.